The van der Waals surface area contributed by atoms with Crippen LogP contribution in [0.4, 0.5) is 0 Å². The third-order valence-electron chi connectivity index (χ3n) is 1.79. The first-order chi connectivity index (χ1) is 7.79. The predicted molar refractivity (Wildman–Crippen MR) is 63.9 cm³/mol. The molecule has 5 nitrogen and oxygen atoms in total. The standard InChI is InChI=1S/C11H15ClN2O3/c1-11(2,3)14-8(15)6-13-10(16)7-4-5-17-9(7)12/h4-5H,6H2,1-3H3,(H,13,16)(H,14,15). The predicted octanol–water partition coefficient (Wildman–Crippen LogP) is 1.58. The van der Waals surface area contributed by atoms with Gasteiger partial charge in [0.25, 0.3) is 5.91 Å². The Morgan fingerprint density at radius 2 is 2.06 bits per heavy atom. The maximum Gasteiger partial charge on any atom is 0.256 e. The summed E-state index contributed by atoms with van der Waals surface area (Å²) < 4.78 is 4.78. The van der Waals surface area contributed by atoms with Crippen LogP contribution in [0, 0.1) is 0 Å². The molecule has 0 atom stereocenters. The Bertz CT molecular complexity index is 421. The lowest BCUT2D eigenvalue weighted by atomic mass is 10.1. The number of nitrogens with one attached hydrogen (secondary N) is 2. The lowest BCUT2D eigenvalue weighted by Gasteiger charge is -2.20. The first kappa shape index (κ1) is 13.6. The van der Waals surface area contributed by atoms with E-state index in [1.54, 1.807) is 0 Å². The van der Waals surface area contributed by atoms with Gasteiger partial charge in [0, 0.05) is 5.54 Å². The lowest BCUT2D eigenvalue weighted by molar-refractivity contribution is -0.121. The van der Waals surface area contributed by atoms with E-state index in [2.05, 4.69) is 10.6 Å². The minimum Gasteiger partial charge on any atom is -0.452 e. The molecule has 94 valence electrons. The second-order valence-electron chi connectivity index (χ2n) is 4.59. The summed E-state index contributed by atoms with van der Waals surface area (Å²) in [6.07, 6.45) is 1.31. The molecule has 1 aromatic heterocycles. The van der Waals surface area contributed by atoms with Crippen LogP contribution in [0.3, 0.4) is 0 Å². The molecule has 1 heterocycles. The Balaban J connectivity index is 2.45. The van der Waals surface area contributed by atoms with Crippen molar-refractivity contribution in [1.29, 1.82) is 0 Å². The van der Waals surface area contributed by atoms with Crippen LogP contribution in [0.25, 0.3) is 0 Å². The SMILES string of the molecule is CC(C)(C)NC(=O)CNC(=O)c1ccoc1Cl. The fourth-order valence-corrected chi connectivity index (χ4v) is 1.37. The summed E-state index contributed by atoms with van der Waals surface area (Å²) in [6.45, 7) is 5.48. The highest BCUT2D eigenvalue weighted by molar-refractivity contribution is 6.32. The lowest BCUT2D eigenvalue weighted by Crippen LogP contribution is -2.45. The van der Waals surface area contributed by atoms with Crippen LogP contribution >= 0.6 is 11.6 Å². The highest BCUT2D eigenvalue weighted by atomic mass is 35.5. The van der Waals surface area contributed by atoms with E-state index in [9.17, 15) is 9.59 Å². The van der Waals surface area contributed by atoms with Crippen LogP contribution in [0.5, 0.6) is 0 Å². The largest absolute Gasteiger partial charge is 0.452 e. The normalized spacial score (nSPS) is 11.1. The summed E-state index contributed by atoms with van der Waals surface area (Å²) in [5.41, 5.74) is -0.107. The molecule has 0 bridgehead atoms. The maximum absolute atomic E-state index is 11.6. The van der Waals surface area contributed by atoms with Crippen LogP contribution in [0.2, 0.25) is 5.22 Å². The summed E-state index contributed by atoms with van der Waals surface area (Å²) >= 11 is 5.63. The molecule has 0 aliphatic heterocycles. The maximum atomic E-state index is 11.6. The molecule has 0 spiro atoms. The van der Waals surface area contributed by atoms with E-state index in [4.69, 9.17) is 16.0 Å². The number of furan rings is 1. The van der Waals surface area contributed by atoms with Crippen molar-refractivity contribution >= 4 is 23.4 Å². The smallest absolute Gasteiger partial charge is 0.256 e. The van der Waals surface area contributed by atoms with Gasteiger partial charge in [0.1, 0.15) is 0 Å². The van der Waals surface area contributed by atoms with Gasteiger partial charge in [-0.1, -0.05) is 0 Å². The fraction of sp³-hybridized carbons (Fsp3) is 0.455. The number of hydrogen-bond acceptors (Lipinski definition) is 3. The molecule has 0 fully saturated rings. The highest BCUT2D eigenvalue weighted by Crippen LogP contribution is 2.15. The summed E-state index contributed by atoms with van der Waals surface area (Å²) in [4.78, 5) is 23.0. The number of rotatable bonds is 3. The van der Waals surface area contributed by atoms with Crippen LogP contribution < -0.4 is 10.6 Å². The molecular formula is C11H15ClN2O3. The van der Waals surface area contributed by atoms with E-state index in [-0.39, 0.29) is 28.8 Å². The van der Waals surface area contributed by atoms with Crippen molar-refractivity contribution in [3.8, 4) is 0 Å². The highest BCUT2D eigenvalue weighted by Gasteiger charge is 2.16. The van der Waals surface area contributed by atoms with Crippen LogP contribution in [0.15, 0.2) is 16.7 Å². The average molecular weight is 259 g/mol. The summed E-state index contributed by atoms with van der Waals surface area (Å²) in [5.74, 6) is -0.696. The molecule has 0 aliphatic rings. The first-order valence-corrected chi connectivity index (χ1v) is 5.49. The van der Waals surface area contributed by atoms with Crippen LogP contribution in [0.1, 0.15) is 31.1 Å². The van der Waals surface area contributed by atoms with Gasteiger partial charge in [-0.3, -0.25) is 9.59 Å². The van der Waals surface area contributed by atoms with Crippen LogP contribution in [-0.2, 0) is 4.79 Å². The first-order valence-electron chi connectivity index (χ1n) is 5.12. The third-order valence-corrected chi connectivity index (χ3v) is 2.08. The number of amides is 2. The van der Waals surface area contributed by atoms with Gasteiger partial charge in [0.05, 0.1) is 18.4 Å². The summed E-state index contributed by atoms with van der Waals surface area (Å²) in [7, 11) is 0. The zero-order valence-electron chi connectivity index (χ0n) is 9.96. The molecular weight excluding hydrogens is 244 g/mol. The van der Waals surface area contributed by atoms with Gasteiger partial charge in [-0.25, -0.2) is 0 Å². The van der Waals surface area contributed by atoms with E-state index >= 15 is 0 Å². The van der Waals surface area contributed by atoms with E-state index in [1.165, 1.54) is 12.3 Å². The van der Waals surface area contributed by atoms with Gasteiger partial charge < -0.3 is 15.1 Å². The van der Waals surface area contributed by atoms with E-state index in [0.29, 0.717) is 0 Å². The molecule has 0 aromatic carbocycles. The quantitative estimate of drug-likeness (QED) is 0.865. The molecule has 0 saturated heterocycles. The van der Waals surface area contributed by atoms with Gasteiger partial charge in [-0.15, -0.1) is 0 Å². The average Bonchev–Trinajstić information content (AvgIpc) is 2.58. The van der Waals surface area contributed by atoms with Crippen molar-refractivity contribution in [3.05, 3.63) is 23.1 Å². The number of carbonyl (C=O) groups excluding carboxylic acids is 2. The Hall–Kier alpha value is -1.49. The Morgan fingerprint density at radius 3 is 2.53 bits per heavy atom. The van der Waals surface area contributed by atoms with E-state index in [1.807, 2.05) is 20.8 Å². The number of halogens is 1. The van der Waals surface area contributed by atoms with Gasteiger partial charge in [0.15, 0.2) is 0 Å². The molecule has 1 aromatic rings. The number of hydrogen-bond donors (Lipinski definition) is 2. The molecule has 0 radical (unpaired) electrons. The minimum atomic E-state index is -0.437. The Kier molecular flexibility index (Phi) is 4.17. The second-order valence-corrected chi connectivity index (χ2v) is 4.93. The molecule has 2 N–H and O–H groups in total. The Labute approximate surface area is 105 Å². The monoisotopic (exact) mass is 258 g/mol. The number of carbonyl (C=O) groups is 2. The molecule has 17 heavy (non-hydrogen) atoms. The van der Waals surface area contributed by atoms with Crippen molar-refractivity contribution in [2.75, 3.05) is 6.54 Å². The zero-order chi connectivity index (χ0) is 13.1. The van der Waals surface area contributed by atoms with Gasteiger partial charge in [0.2, 0.25) is 11.1 Å². The van der Waals surface area contributed by atoms with Gasteiger partial charge >= 0.3 is 0 Å². The fourth-order valence-electron chi connectivity index (χ4n) is 1.17. The molecule has 0 aliphatic carbocycles. The molecule has 0 unspecified atom stereocenters. The van der Waals surface area contributed by atoms with Crippen molar-refractivity contribution in [1.82, 2.24) is 10.6 Å². The van der Waals surface area contributed by atoms with E-state index < -0.39 is 5.91 Å². The van der Waals surface area contributed by atoms with Crippen molar-refractivity contribution < 1.29 is 14.0 Å². The summed E-state index contributed by atoms with van der Waals surface area (Å²) in [6, 6.07) is 1.44. The Morgan fingerprint density at radius 1 is 1.41 bits per heavy atom. The van der Waals surface area contributed by atoms with Gasteiger partial charge in [-0.2, -0.15) is 0 Å². The van der Waals surface area contributed by atoms with E-state index in [0.717, 1.165) is 0 Å². The van der Waals surface area contributed by atoms with Gasteiger partial charge in [-0.05, 0) is 38.4 Å². The van der Waals surface area contributed by atoms with Crippen molar-refractivity contribution in [3.63, 3.8) is 0 Å². The topological polar surface area (TPSA) is 71.3 Å². The molecule has 0 saturated carbocycles. The third kappa shape index (κ3) is 4.48. The summed E-state index contributed by atoms with van der Waals surface area (Å²) in [5, 5.41) is 5.19. The minimum absolute atomic E-state index is 0.0127. The van der Waals surface area contributed by atoms with Crippen LogP contribution in [-0.4, -0.2) is 23.9 Å². The molecule has 1 rings (SSSR count). The van der Waals surface area contributed by atoms with Crippen molar-refractivity contribution in [2.45, 2.75) is 26.3 Å². The molecule has 6 heteroatoms. The second kappa shape index (κ2) is 5.23. The molecule has 2 amide bonds. The van der Waals surface area contributed by atoms with Crippen molar-refractivity contribution in [2.24, 2.45) is 0 Å². The zero-order valence-corrected chi connectivity index (χ0v) is 10.7.